The van der Waals surface area contributed by atoms with Gasteiger partial charge >= 0.3 is 0 Å². The largest absolute Gasteiger partial charge is 0.379 e. The number of nitrogens with zero attached hydrogens (tertiary/aromatic N) is 3. The Balaban J connectivity index is 1.69. The Kier molecular flexibility index (Phi) is 5.69. The van der Waals surface area contributed by atoms with Crippen LogP contribution in [0.15, 0.2) is 29.2 Å². The molecule has 1 aromatic rings. The molecule has 0 bridgehead atoms. The lowest BCUT2D eigenvalue weighted by atomic mass is 10.4. The number of sulfonamides is 1. The van der Waals surface area contributed by atoms with Gasteiger partial charge in [0.15, 0.2) is 0 Å². The van der Waals surface area contributed by atoms with Crippen molar-refractivity contribution in [2.24, 2.45) is 0 Å². The van der Waals surface area contributed by atoms with E-state index in [1.807, 2.05) is 0 Å². The van der Waals surface area contributed by atoms with Crippen molar-refractivity contribution in [3.05, 3.63) is 29.3 Å². The number of piperazine rings is 1. The maximum atomic E-state index is 12.7. The van der Waals surface area contributed by atoms with Crippen LogP contribution in [0.5, 0.6) is 0 Å². The molecule has 1 aromatic carbocycles. The number of hydrogen-bond donors (Lipinski definition) is 0. The van der Waals surface area contributed by atoms with Crippen molar-refractivity contribution < 1.29 is 21.6 Å². The summed E-state index contributed by atoms with van der Waals surface area (Å²) in [6, 6.07) is 6.06. The molecule has 0 atom stereocenters. The molecule has 8 nitrogen and oxygen atoms in total. The van der Waals surface area contributed by atoms with Crippen LogP contribution in [0, 0.1) is 0 Å². The molecule has 0 spiro atoms. The van der Waals surface area contributed by atoms with Crippen molar-refractivity contribution >= 4 is 31.8 Å². The molecule has 11 heteroatoms. The Bertz CT molecular complexity index is 817. The molecule has 0 amide bonds. The lowest BCUT2D eigenvalue weighted by molar-refractivity contribution is 0.0694. The van der Waals surface area contributed by atoms with Gasteiger partial charge in [0.25, 0.3) is 10.2 Å². The highest BCUT2D eigenvalue weighted by molar-refractivity contribution is 7.89. The van der Waals surface area contributed by atoms with Crippen molar-refractivity contribution in [2.75, 3.05) is 52.5 Å². The van der Waals surface area contributed by atoms with Crippen LogP contribution in [0.2, 0.25) is 5.02 Å². The third-order valence-corrected chi connectivity index (χ3v) is 8.42. The van der Waals surface area contributed by atoms with Gasteiger partial charge in [-0.15, -0.1) is 0 Å². The van der Waals surface area contributed by atoms with E-state index < -0.39 is 20.2 Å². The molecule has 2 aliphatic heterocycles. The van der Waals surface area contributed by atoms with Crippen LogP contribution in [-0.4, -0.2) is 82.2 Å². The van der Waals surface area contributed by atoms with Crippen molar-refractivity contribution in [3.63, 3.8) is 0 Å². The zero-order chi connectivity index (χ0) is 18.1. The predicted octanol–water partition coefficient (Wildman–Crippen LogP) is 0.223. The van der Waals surface area contributed by atoms with Crippen LogP contribution in [0.4, 0.5) is 0 Å². The second-order valence-corrected chi connectivity index (χ2v) is 10.1. The van der Waals surface area contributed by atoms with Crippen LogP contribution >= 0.6 is 11.6 Å². The van der Waals surface area contributed by atoms with Crippen LogP contribution in [-0.2, 0) is 25.0 Å². The standard InChI is InChI=1S/C14H20ClN3O5S2/c15-13-2-1-3-14(12-13)24(19,20)16-4-6-17(7-5-16)25(21,22)18-8-10-23-11-9-18/h1-3,12H,4-11H2. The van der Waals surface area contributed by atoms with E-state index in [9.17, 15) is 16.8 Å². The molecule has 2 heterocycles. The summed E-state index contributed by atoms with van der Waals surface area (Å²) in [5, 5.41) is 0.342. The number of benzene rings is 1. The van der Waals surface area contributed by atoms with Gasteiger partial charge in [0.05, 0.1) is 18.1 Å². The van der Waals surface area contributed by atoms with Gasteiger partial charge in [0, 0.05) is 44.3 Å². The second kappa shape index (κ2) is 7.47. The van der Waals surface area contributed by atoms with Crippen molar-refractivity contribution in [1.82, 2.24) is 12.9 Å². The van der Waals surface area contributed by atoms with Gasteiger partial charge in [-0.3, -0.25) is 0 Å². The average Bonchev–Trinajstić information content (AvgIpc) is 2.62. The Morgan fingerprint density at radius 3 is 2.00 bits per heavy atom. The van der Waals surface area contributed by atoms with Gasteiger partial charge < -0.3 is 4.74 Å². The lowest BCUT2D eigenvalue weighted by Gasteiger charge is -2.37. The van der Waals surface area contributed by atoms with Gasteiger partial charge in [0.2, 0.25) is 10.0 Å². The highest BCUT2D eigenvalue weighted by Crippen LogP contribution is 2.22. The molecule has 0 saturated carbocycles. The number of rotatable bonds is 4. The zero-order valence-corrected chi connectivity index (χ0v) is 15.9. The van der Waals surface area contributed by atoms with Crippen LogP contribution in [0.3, 0.4) is 0 Å². The maximum absolute atomic E-state index is 12.7. The second-order valence-electron chi connectivity index (χ2n) is 5.78. The van der Waals surface area contributed by atoms with Crippen molar-refractivity contribution in [2.45, 2.75) is 4.90 Å². The molecule has 3 rings (SSSR count). The molecule has 2 saturated heterocycles. The van der Waals surface area contributed by atoms with E-state index in [0.717, 1.165) is 0 Å². The molecule has 2 fully saturated rings. The minimum atomic E-state index is -3.68. The minimum Gasteiger partial charge on any atom is -0.379 e. The molecule has 140 valence electrons. The molecular formula is C14H20ClN3O5S2. The Morgan fingerprint density at radius 2 is 1.40 bits per heavy atom. The normalized spacial score (nSPS) is 22.1. The fraction of sp³-hybridized carbons (Fsp3) is 0.571. The van der Waals surface area contributed by atoms with Crippen LogP contribution in [0.25, 0.3) is 0 Å². The summed E-state index contributed by atoms with van der Waals surface area (Å²) in [4.78, 5) is 0.115. The van der Waals surface area contributed by atoms with E-state index in [2.05, 4.69) is 0 Å². The summed E-state index contributed by atoms with van der Waals surface area (Å²) >= 11 is 5.87. The van der Waals surface area contributed by atoms with E-state index in [-0.39, 0.29) is 31.1 Å². The lowest BCUT2D eigenvalue weighted by Crippen LogP contribution is -2.55. The summed E-state index contributed by atoms with van der Waals surface area (Å²) < 4.78 is 59.8. The number of halogens is 1. The monoisotopic (exact) mass is 409 g/mol. The quantitative estimate of drug-likeness (QED) is 0.710. The zero-order valence-electron chi connectivity index (χ0n) is 13.5. The Morgan fingerprint density at radius 1 is 0.840 bits per heavy atom. The highest BCUT2D eigenvalue weighted by Gasteiger charge is 2.36. The molecule has 0 radical (unpaired) electrons. The molecule has 0 aromatic heterocycles. The number of morpholine rings is 1. The first-order valence-corrected chi connectivity index (χ1v) is 11.1. The van der Waals surface area contributed by atoms with E-state index in [1.165, 1.54) is 25.0 Å². The van der Waals surface area contributed by atoms with E-state index in [0.29, 0.717) is 31.3 Å². The molecule has 0 unspecified atom stereocenters. The smallest absolute Gasteiger partial charge is 0.282 e. The van der Waals surface area contributed by atoms with Crippen molar-refractivity contribution in [3.8, 4) is 0 Å². The van der Waals surface area contributed by atoms with Gasteiger partial charge in [-0.1, -0.05) is 17.7 Å². The fourth-order valence-corrected chi connectivity index (χ4v) is 6.14. The summed E-state index contributed by atoms with van der Waals surface area (Å²) in [5.74, 6) is 0. The van der Waals surface area contributed by atoms with Gasteiger partial charge in [-0.05, 0) is 18.2 Å². The van der Waals surface area contributed by atoms with Crippen LogP contribution in [0.1, 0.15) is 0 Å². The average molecular weight is 410 g/mol. The minimum absolute atomic E-state index is 0.110. The Labute approximate surface area is 153 Å². The molecule has 2 aliphatic rings. The summed E-state index contributed by atoms with van der Waals surface area (Å²) in [6.07, 6.45) is 0. The summed E-state index contributed by atoms with van der Waals surface area (Å²) in [5.41, 5.74) is 0. The molecule has 0 aliphatic carbocycles. The number of ether oxygens (including phenoxy) is 1. The van der Waals surface area contributed by atoms with E-state index >= 15 is 0 Å². The third kappa shape index (κ3) is 4.00. The fourth-order valence-electron chi connectivity index (χ4n) is 2.86. The van der Waals surface area contributed by atoms with Crippen LogP contribution < -0.4 is 0 Å². The van der Waals surface area contributed by atoms with Gasteiger partial charge in [0.1, 0.15) is 0 Å². The van der Waals surface area contributed by atoms with Crippen molar-refractivity contribution in [1.29, 1.82) is 0 Å². The summed E-state index contributed by atoms with van der Waals surface area (Å²) in [6.45, 7) is 1.87. The number of hydrogen-bond acceptors (Lipinski definition) is 5. The predicted molar refractivity (Wildman–Crippen MR) is 93.1 cm³/mol. The third-order valence-electron chi connectivity index (χ3n) is 4.25. The highest BCUT2D eigenvalue weighted by atomic mass is 35.5. The van der Waals surface area contributed by atoms with E-state index in [1.54, 1.807) is 12.1 Å². The first kappa shape index (κ1) is 19.0. The molecular weight excluding hydrogens is 390 g/mol. The molecule has 0 N–H and O–H groups in total. The maximum Gasteiger partial charge on any atom is 0.282 e. The topological polar surface area (TPSA) is 87.2 Å². The Hall–Kier alpha value is -0.750. The first-order valence-electron chi connectivity index (χ1n) is 7.90. The summed E-state index contributed by atoms with van der Waals surface area (Å²) in [7, 11) is -7.27. The molecule has 25 heavy (non-hydrogen) atoms. The SMILES string of the molecule is O=S(=O)(c1cccc(Cl)c1)N1CCN(S(=O)(=O)N2CCOCC2)CC1. The van der Waals surface area contributed by atoms with E-state index in [4.69, 9.17) is 16.3 Å². The first-order chi connectivity index (χ1) is 11.8. The van der Waals surface area contributed by atoms with Gasteiger partial charge in [-0.2, -0.15) is 21.3 Å². The van der Waals surface area contributed by atoms with Gasteiger partial charge in [-0.25, -0.2) is 8.42 Å².